The molecule has 0 atom stereocenters. The molecule has 23 heavy (non-hydrogen) atoms. The first-order chi connectivity index (χ1) is 10.6. The molecule has 0 saturated heterocycles. The molecule has 0 bridgehead atoms. The summed E-state index contributed by atoms with van der Waals surface area (Å²) in [7, 11) is 0. The van der Waals surface area contributed by atoms with E-state index in [9.17, 15) is 18.0 Å². The molecule has 1 aromatic carbocycles. The zero-order chi connectivity index (χ0) is 17.3. The summed E-state index contributed by atoms with van der Waals surface area (Å²) in [5.41, 5.74) is 0.269. The molecule has 0 radical (unpaired) electrons. The van der Waals surface area contributed by atoms with Gasteiger partial charge >= 0.3 is 6.18 Å². The van der Waals surface area contributed by atoms with Crippen LogP contribution in [-0.2, 0) is 6.18 Å². The molecule has 2 aromatic rings. The summed E-state index contributed by atoms with van der Waals surface area (Å²) in [6, 6.07) is 7.81. The summed E-state index contributed by atoms with van der Waals surface area (Å²) < 4.78 is 37.7. The van der Waals surface area contributed by atoms with E-state index in [2.05, 4.69) is 10.3 Å². The Morgan fingerprint density at radius 2 is 1.65 bits per heavy atom. The van der Waals surface area contributed by atoms with Crippen LogP contribution >= 0.6 is 0 Å². The molecule has 1 aromatic heterocycles. The molecular weight excluding hydrogens is 305 g/mol. The summed E-state index contributed by atoms with van der Waals surface area (Å²) in [5, 5.41) is 2.83. The van der Waals surface area contributed by atoms with Crippen LogP contribution in [0.5, 0.6) is 0 Å². The lowest BCUT2D eigenvalue weighted by molar-refractivity contribution is -0.137. The highest BCUT2D eigenvalue weighted by Gasteiger charge is 2.30. The van der Waals surface area contributed by atoms with E-state index in [-0.39, 0.29) is 11.4 Å². The Balaban J connectivity index is 2.28. The van der Waals surface area contributed by atoms with Gasteiger partial charge in [-0.15, -0.1) is 0 Å². The van der Waals surface area contributed by atoms with E-state index >= 15 is 0 Å². The van der Waals surface area contributed by atoms with Crippen LogP contribution in [0.15, 0.2) is 42.6 Å². The summed E-state index contributed by atoms with van der Waals surface area (Å²) in [6.45, 7) is 5.59. The van der Waals surface area contributed by atoms with Gasteiger partial charge in [0.1, 0.15) is 0 Å². The fourth-order valence-corrected chi connectivity index (χ4v) is 1.97. The maximum atomic E-state index is 12.6. The molecule has 2 rings (SSSR count). The molecule has 1 N–H and O–H groups in total. The highest BCUT2D eigenvalue weighted by atomic mass is 19.4. The molecule has 0 aliphatic rings. The maximum Gasteiger partial charge on any atom is 0.416 e. The largest absolute Gasteiger partial charge is 0.416 e. The Morgan fingerprint density at radius 3 is 2.17 bits per heavy atom. The van der Waals surface area contributed by atoms with Crippen LogP contribution in [0.2, 0.25) is 0 Å². The molecule has 0 fully saturated rings. The van der Waals surface area contributed by atoms with Crippen molar-refractivity contribution in [1.29, 1.82) is 0 Å². The zero-order valence-corrected chi connectivity index (χ0v) is 13.0. The van der Waals surface area contributed by atoms with E-state index in [1.54, 1.807) is 12.1 Å². The van der Waals surface area contributed by atoms with Crippen LogP contribution in [0.1, 0.15) is 36.7 Å². The number of nitrogens with one attached hydrogen (secondary N) is 1. The number of rotatable bonds is 2. The van der Waals surface area contributed by atoms with Crippen LogP contribution in [0.3, 0.4) is 0 Å². The number of amides is 1. The number of pyridine rings is 1. The predicted molar refractivity (Wildman–Crippen MR) is 81.9 cm³/mol. The van der Waals surface area contributed by atoms with Gasteiger partial charge in [0.2, 0.25) is 0 Å². The fourth-order valence-electron chi connectivity index (χ4n) is 1.97. The van der Waals surface area contributed by atoms with Crippen LogP contribution in [0, 0.1) is 0 Å². The molecule has 1 heterocycles. The minimum Gasteiger partial charge on any atom is -0.347 e. The Labute approximate surface area is 132 Å². The monoisotopic (exact) mass is 322 g/mol. The van der Waals surface area contributed by atoms with E-state index in [0.717, 1.165) is 12.1 Å². The second kappa shape index (κ2) is 6.02. The molecule has 3 nitrogen and oxygen atoms in total. The molecule has 1 amide bonds. The van der Waals surface area contributed by atoms with Gasteiger partial charge < -0.3 is 5.32 Å². The lowest BCUT2D eigenvalue weighted by Crippen LogP contribution is -2.40. The van der Waals surface area contributed by atoms with Crippen molar-refractivity contribution in [3.05, 3.63) is 53.7 Å². The molecule has 122 valence electrons. The van der Waals surface area contributed by atoms with Gasteiger partial charge in [-0.05, 0) is 45.0 Å². The van der Waals surface area contributed by atoms with Gasteiger partial charge in [0, 0.05) is 22.9 Å². The maximum absolute atomic E-state index is 12.6. The van der Waals surface area contributed by atoms with Crippen molar-refractivity contribution in [2.45, 2.75) is 32.5 Å². The van der Waals surface area contributed by atoms with Crippen LogP contribution in [0.25, 0.3) is 11.3 Å². The topological polar surface area (TPSA) is 42.0 Å². The average molecular weight is 322 g/mol. The standard InChI is InChI=1S/C17H17F3N2O/c1-16(2,3)22-15(23)12-8-9-21-14(10-12)11-4-6-13(7-5-11)17(18,19)20/h4-10H,1-3H3,(H,22,23). The number of nitrogens with zero attached hydrogens (tertiary/aromatic N) is 1. The van der Waals surface area contributed by atoms with E-state index < -0.39 is 11.7 Å². The van der Waals surface area contributed by atoms with Gasteiger partial charge in [0.05, 0.1) is 11.3 Å². The second-order valence-electron chi connectivity index (χ2n) is 6.21. The number of alkyl halides is 3. The van der Waals surface area contributed by atoms with Crippen molar-refractivity contribution < 1.29 is 18.0 Å². The highest BCUT2D eigenvalue weighted by molar-refractivity contribution is 5.95. The van der Waals surface area contributed by atoms with E-state index in [1.807, 2.05) is 20.8 Å². The summed E-state index contributed by atoms with van der Waals surface area (Å²) in [5.74, 6) is -0.256. The minimum atomic E-state index is -4.37. The summed E-state index contributed by atoms with van der Waals surface area (Å²) in [4.78, 5) is 16.3. The number of benzene rings is 1. The summed E-state index contributed by atoms with van der Waals surface area (Å²) in [6.07, 6.45) is -2.91. The number of aromatic nitrogens is 1. The molecule has 0 aliphatic heterocycles. The van der Waals surface area contributed by atoms with Crippen LogP contribution in [-0.4, -0.2) is 16.4 Å². The van der Waals surface area contributed by atoms with E-state index in [0.29, 0.717) is 16.8 Å². The Morgan fingerprint density at radius 1 is 1.04 bits per heavy atom. The lowest BCUT2D eigenvalue weighted by Gasteiger charge is -2.20. The number of halogens is 3. The third-order valence-corrected chi connectivity index (χ3v) is 3.02. The first-order valence-electron chi connectivity index (χ1n) is 7.02. The van der Waals surface area contributed by atoms with Gasteiger partial charge in [0.15, 0.2) is 0 Å². The van der Waals surface area contributed by atoms with Crippen molar-refractivity contribution in [1.82, 2.24) is 10.3 Å². The van der Waals surface area contributed by atoms with Gasteiger partial charge in [-0.1, -0.05) is 12.1 Å². The predicted octanol–water partition coefficient (Wildman–Crippen LogP) is 4.30. The number of hydrogen-bond donors (Lipinski definition) is 1. The SMILES string of the molecule is CC(C)(C)NC(=O)c1ccnc(-c2ccc(C(F)(F)F)cc2)c1. The van der Waals surface area contributed by atoms with Gasteiger partial charge in [0.25, 0.3) is 5.91 Å². The molecule has 0 spiro atoms. The number of carbonyl (C=O) groups is 1. The average Bonchev–Trinajstić information content (AvgIpc) is 2.45. The minimum absolute atomic E-state index is 0.256. The summed E-state index contributed by atoms with van der Waals surface area (Å²) >= 11 is 0. The zero-order valence-electron chi connectivity index (χ0n) is 13.0. The first-order valence-corrected chi connectivity index (χ1v) is 7.02. The molecular formula is C17H17F3N2O. The van der Waals surface area contributed by atoms with Crippen molar-refractivity contribution in [2.24, 2.45) is 0 Å². The van der Waals surface area contributed by atoms with Gasteiger partial charge in [-0.25, -0.2) is 0 Å². The van der Waals surface area contributed by atoms with Crippen LogP contribution < -0.4 is 5.32 Å². The van der Waals surface area contributed by atoms with Gasteiger partial charge in [-0.3, -0.25) is 9.78 Å². The molecule has 0 saturated carbocycles. The normalized spacial score (nSPS) is 12.1. The fraction of sp³-hybridized carbons (Fsp3) is 0.294. The molecule has 0 unspecified atom stereocenters. The van der Waals surface area contributed by atoms with Crippen molar-refractivity contribution in [2.75, 3.05) is 0 Å². The second-order valence-corrected chi connectivity index (χ2v) is 6.21. The van der Waals surface area contributed by atoms with E-state index in [1.165, 1.54) is 18.3 Å². The lowest BCUT2D eigenvalue weighted by atomic mass is 10.1. The number of carbonyl (C=O) groups excluding carboxylic acids is 1. The van der Waals surface area contributed by atoms with Gasteiger partial charge in [-0.2, -0.15) is 13.2 Å². The first kappa shape index (κ1) is 17.0. The Bertz CT molecular complexity index is 701. The van der Waals surface area contributed by atoms with Crippen molar-refractivity contribution in [3.8, 4) is 11.3 Å². The highest BCUT2D eigenvalue weighted by Crippen LogP contribution is 2.30. The molecule has 0 aliphatic carbocycles. The van der Waals surface area contributed by atoms with Crippen molar-refractivity contribution in [3.63, 3.8) is 0 Å². The third kappa shape index (κ3) is 4.55. The smallest absolute Gasteiger partial charge is 0.347 e. The molecule has 6 heteroatoms. The van der Waals surface area contributed by atoms with E-state index in [4.69, 9.17) is 0 Å². The quantitative estimate of drug-likeness (QED) is 0.896. The number of hydrogen-bond acceptors (Lipinski definition) is 2. The Kier molecular flexibility index (Phi) is 4.45. The Hall–Kier alpha value is -2.37. The van der Waals surface area contributed by atoms with Crippen LogP contribution in [0.4, 0.5) is 13.2 Å². The van der Waals surface area contributed by atoms with Crippen molar-refractivity contribution >= 4 is 5.91 Å². The third-order valence-electron chi connectivity index (χ3n) is 3.02.